The molecule has 2 aromatic carbocycles. The summed E-state index contributed by atoms with van der Waals surface area (Å²) in [5.74, 6) is -1.51. The van der Waals surface area contributed by atoms with E-state index in [1.807, 2.05) is 0 Å². The third-order valence-electron chi connectivity index (χ3n) is 4.81. The first-order chi connectivity index (χ1) is 13.9. The number of anilines is 1. The highest BCUT2D eigenvalue weighted by Gasteiger charge is 2.43. The van der Waals surface area contributed by atoms with Crippen LogP contribution >= 0.6 is 0 Å². The SMILES string of the molecule is CCC(=O)C1=C(O)C(=O)N(c2ccc(C(=O)OC)cc2)C1c1cccc(OC)c1. The number of esters is 1. The van der Waals surface area contributed by atoms with Crippen LogP contribution in [0, 0.1) is 0 Å². The maximum absolute atomic E-state index is 12.9. The van der Waals surface area contributed by atoms with E-state index in [1.54, 1.807) is 43.3 Å². The predicted octanol–water partition coefficient (Wildman–Crippen LogP) is 3.36. The molecule has 0 spiro atoms. The minimum absolute atomic E-state index is 0.0443. The normalized spacial score (nSPS) is 16.2. The zero-order valence-corrected chi connectivity index (χ0v) is 16.3. The van der Waals surface area contributed by atoms with Crippen molar-refractivity contribution in [2.45, 2.75) is 19.4 Å². The number of ketones is 1. The number of hydrogen-bond acceptors (Lipinski definition) is 6. The van der Waals surface area contributed by atoms with Gasteiger partial charge in [0.15, 0.2) is 11.5 Å². The van der Waals surface area contributed by atoms with Gasteiger partial charge in [0.1, 0.15) is 5.75 Å². The van der Waals surface area contributed by atoms with Gasteiger partial charge in [-0.2, -0.15) is 0 Å². The molecule has 0 aromatic heterocycles. The summed E-state index contributed by atoms with van der Waals surface area (Å²) < 4.78 is 9.96. The van der Waals surface area contributed by atoms with Crippen LogP contribution in [0.5, 0.6) is 5.75 Å². The third-order valence-corrected chi connectivity index (χ3v) is 4.81. The Morgan fingerprint density at radius 1 is 1.10 bits per heavy atom. The van der Waals surface area contributed by atoms with E-state index in [4.69, 9.17) is 9.47 Å². The zero-order chi connectivity index (χ0) is 21.1. The van der Waals surface area contributed by atoms with Crippen LogP contribution in [-0.4, -0.2) is 37.0 Å². The number of methoxy groups -OCH3 is 2. The summed E-state index contributed by atoms with van der Waals surface area (Å²) in [6, 6.07) is 12.4. The van der Waals surface area contributed by atoms with Crippen molar-refractivity contribution in [2.24, 2.45) is 0 Å². The summed E-state index contributed by atoms with van der Waals surface area (Å²) in [5, 5.41) is 10.5. The van der Waals surface area contributed by atoms with Crippen molar-refractivity contribution >= 4 is 23.3 Å². The first kappa shape index (κ1) is 20.1. The monoisotopic (exact) mass is 395 g/mol. The Kier molecular flexibility index (Phi) is 5.68. The molecule has 0 saturated carbocycles. The Bertz CT molecular complexity index is 993. The lowest BCUT2D eigenvalue weighted by atomic mass is 9.94. The number of rotatable bonds is 6. The van der Waals surface area contributed by atoms with Crippen molar-refractivity contribution < 1.29 is 29.0 Å². The lowest BCUT2D eigenvalue weighted by Crippen LogP contribution is -2.31. The third kappa shape index (κ3) is 3.59. The molecule has 0 saturated heterocycles. The molecule has 0 bridgehead atoms. The van der Waals surface area contributed by atoms with Crippen molar-refractivity contribution in [3.05, 3.63) is 71.0 Å². The van der Waals surface area contributed by atoms with Crippen LogP contribution in [0.4, 0.5) is 5.69 Å². The number of amides is 1. The van der Waals surface area contributed by atoms with Crippen LogP contribution in [0.15, 0.2) is 59.9 Å². The standard InChI is InChI=1S/C22H21NO6/c1-4-17(24)18-19(14-6-5-7-16(12-14)28-2)23(21(26)20(18)25)15-10-8-13(9-11-15)22(27)29-3/h5-12,19,25H,4H2,1-3H3. The van der Waals surface area contributed by atoms with Crippen LogP contribution < -0.4 is 9.64 Å². The van der Waals surface area contributed by atoms with Gasteiger partial charge in [-0.25, -0.2) is 4.79 Å². The Morgan fingerprint density at radius 3 is 2.38 bits per heavy atom. The zero-order valence-electron chi connectivity index (χ0n) is 16.3. The van der Waals surface area contributed by atoms with Gasteiger partial charge in [0.05, 0.1) is 31.4 Å². The first-order valence-electron chi connectivity index (χ1n) is 9.05. The minimum atomic E-state index is -0.811. The molecule has 1 unspecified atom stereocenters. The van der Waals surface area contributed by atoms with Crippen LogP contribution in [0.3, 0.4) is 0 Å². The van der Waals surface area contributed by atoms with Crippen LogP contribution in [0.1, 0.15) is 35.3 Å². The molecule has 1 amide bonds. The molecule has 1 heterocycles. The maximum atomic E-state index is 12.9. The van der Waals surface area contributed by atoms with E-state index in [9.17, 15) is 19.5 Å². The maximum Gasteiger partial charge on any atom is 0.337 e. The summed E-state index contributed by atoms with van der Waals surface area (Å²) in [6.07, 6.45) is 0.141. The molecule has 150 valence electrons. The summed E-state index contributed by atoms with van der Waals surface area (Å²) in [7, 11) is 2.80. The number of nitrogens with zero attached hydrogens (tertiary/aromatic N) is 1. The molecule has 1 N–H and O–H groups in total. The van der Waals surface area contributed by atoms with Crippen LogP contribution in [0.2, 0.25) is 0 Å². The highest BCUT2D eigenvalue weighted by Crippen LogP contribution is 2.42. The highest BCUT2D eigenvalue weighted by molar-refractivity contribution is 6.16. The van der Waals surface area contributed by atoms with Crippen LogP contribution in [-0.2, 0) is 14.3 Å². The molecule has 3 rings (SSSR count). The Morgan fingerprint density at radius 2 is 1.79 bits per heavy atom. The Balaban J connectivity index is 2.12. The number of carbonyl (C=O) groups is 3. The number of benzene rings is 2. The van der Waals surface area contributed by atoms with Gasteiger partial charge >= 0.3 is 5.97 Å². The fraction of sp³-hybridized carbons (Fsp3) is 0.227. The summed E-state index contributed by atoms with van der Waals surface area (Å²) in [5.41, 5.74) is 1.42. The molecule has 1 atom stereocenters. The van der Waals surface area contributed by atoms with E-state index >= 15 is 0 Å². The number of carbonyl (C=O) groups excluding carboxylic acids is 3. The fourth-order valence-electron chi connectivity index (χ4n) is 3.35. The van der Waals surface area contributed by atoms with Crippen molar-refractivity contribution in [2.75, 3.05) is 19.1 Å². The predicted molar refractivity (Wildman–Crippen MR) is 106 cm³/mol. The molecule has 2 aromatic rings. The van der Waals surface area contributed by atoms with Gasteiger partial charge in [0, 0.05) is 12.1 Å². The number of aliphatic hydroxyl groups excluding tert-OH is 1. The van der Waals surface area contributed by atoms with Crippen molar-refractivity contribution in [3.63, 3.8) is 0 Å². The quantitative estimate of drug-likeness (QED) is 0.754. The second-order valence-corrected chi connectivity index (χ2v) is 6.43. The molecule has 29 heavy (non-hydrogen) atoms. The van der Waals surface area contributed by atoms with Crippen molar-refractivity contribution in [1.29, 1.82) is 0 Å². The molecular formula is C22H21NO6. The number of Topliss-reactive ketones (excluding diaryl/α,β-unsaturated/α-hetero) is 1. The van der Waals surface area contributed by atoms with E-state index < -0.39 is 23.7 Å². The largest absolute Gasteiger partial charge is 0.503 e. The number of hydrogen-bond donors (Lipinski definition) is 1. The topological polar surface area (TPSA) is 93.1 Å². The Labute approximate surface area is 168 Å². The van der Waals surface area contributed by atoms with Gasteiger partial charge in [0.2, 0.25) is 0 Å². The van der Waals surface area contributed by atoms with Gasteiger partial charge in [-0.1, -0.05) is 19.1 Å². The average molecular weight is 395 g/mol. The summed E-state index contributed by atoms with van der Waals surface area (Å²) >= 11 is 0. The molecule has 7 nitrogen and oxygen atoms in total. The van der Waals surface area contributed by atoms with Gasteiger partial charge in [-0.05, 0) is 42.0 Å². The fourth-order valence-corrected chi connectivity index (χ4v) is 3.35. The highest BCUT2D eigenvalue weighted by atomic mass is 16.5. The smallest absolute Gasteiger partial charge is 0.337 e. The number of ether oxygens (including phenoxy) is 2. The molecule has 7 heteroatoms. The number of aliphatic hydroxyl groups is 1. The first-order valence-corrected chi connectivity index (χ1v) is 9.05. The van der Waals surface area contributed by atoms with Gasteiger partial charge < -0.3 is 14.6 Å². The van der Waals surface area contributed by atoms with E-state index in [-0.39, 0.29) is 17.8 Å². The second-order valence-electron chi connectivity index (χ2n) is 6.43. The lowest BCUT2D eigenvalue weighted by molar-refractivity contribution is -0.118. The van der Waals surface area contributed by atoms with Gasteiger partial charge in [0.25, 0.3) is 5.91 Å². The van der Waals surface area contributed by atoms with Crippen molar-refractivity contribution in [1.82, 2.24) is 0 Å². The summed E-state index contributed by atoms with van der Waals surface area (Å²) in [6.45, 7) is 1.67. The van der Waals surface area contributed by atoms with Crippen molar-refractivity contribution in [3.8, 4) is 5.75 Å². The van der Waals surface area contributed by atoms with E-state index in [0.717, 1.165) is 0 Å². The van der Waals surface area contributed by atoms with E-state index in [2.05, 4.69) is 0 Å². The summed E-state index contributed by atoms with van der Waals surface area (Å²) in [4.78, 5) is 38.5. The Hall–Kier alpha value is -3.61. The molecule has 0 radical (unpaired) electrons. The lowest BCUT2D eigenvalue weighted by Gasteiger charge is -2.27. The van der Waals surface area contributed by atoms with Gasteiger partial charge in [-0.3, -0.25) is 14.5 Å². The molecule has 0 fully saturated rings. The molecular weight excluding hydrogens is 374 g/mol. The average Bonchev–Trinajstić information content (AvgIpc) is 3.03. The van der Waals surface area contributed by atoms with E-state index in [1.165, 1.54) is 31.3 Å². The molecule has 0 aliphatic carbocycles. The van der Waals surface area contributed by atoms with E-state index in [0.29, 0.717) is 22.6 Å². The molecule has 1 aliphatic rings. The van der Waals surface area contributed by atoms with Gasteiger partial charge in [-0.15, -0.1) is 0 Å². The second kappa shape index (κ2) is 8.18. The molecule has 1 aliphatic heterocycles. The minimum Gasteiger partial charge on any atom is -0.503 e. The van der Waals surface area contributed by atoms with Crippen LogP contribution in [0.25, 0.3) is 0 Å².